The SMILES string of the molecule is CCOC(=O)C1(Cc2ccccc2)CCCN(Cc2ccc(COc3ccc(CCC(=O)O)cc3)cc2)C1.O=C(O)C(F)(F)F. The van der Waals surface area contributed by atoms with Crippen molar-refractivity contribution in [2.45, 2.75) is 58.4 Å². The average Bonchev–Trinajstić information content (AvgIpc) is 3.01. The quantitative estimate of drug-likeness (QED) is 0.225. The smallest absolute Gasteiger partial charge is 0.489 e. The Balaban J connectivity index is 0.000000707. The molecule has 0 saturated carbocycles. The summed E-state index contributed by atoms with van der Waals surface area (Å²) in [5.41, 5.74) is 3.91. The maximum Gasteiger partial charge on any atom is 0.490 e. The number of carbonyl (C=O) groups excluding carboxylic acids is 1. The molecule has 4 rings (SSSR count). The second-order valence-electron chi connectivity index (χ2n) is 10.9. The van der Waals surface area contributed by atoms with Crippen LogP contribution < -0.4 is 4.74 Å². The summed E-state index contributed by atoms with van der Waals surface area (Å²) in [5.74, 6) is -2.88. The third-order valence-corrected chi connectivity index (χ3v) is 7.38. The maximum absolute atomic E-state index is 13.1. The third-order valence-electron chi connectivity index (χ3n) is 7.38. The van der Waals surface area contributed by atoms with Crippen molar-refractivity contribution in [1.29, 1.82) is 0 Å². The van der Waals surface area contributed by atoms with Crippen LogP contribution in [0.3, 0.4) is 0 Å². The van der Waals surface area contributed by atoms with Crippen molar-refractivity contribution in [3.8, 4) is 5.75 Å². The lowest BCUT2D eigenvalue weighted by atomic mass is 9.75. The molecule has 45 heavy (non-hydrogen) atoms. The molecule has 0 bridgehead atoms. The van der Waals surface area contributed by atoms with E-state index in [9.17, 15) is 22.8 Å². The molecule has 3 aromatic rings. The molecule has 0 amide bonds. The molecule has 0 radical (unpaired) electrons. The van der Waals surface area contributed by atoms with Crippen LogP contribution in [0.5, 0.6) is 5.75 Å². The Kier molecular flexibility index (Phi) is 13.0. The number of carboxylic acid groups (broad SMARTS) is 2. The van der Waals surface area contributed by atoms with Gasteiger partial charge in [-0.2, -0.15) is 13.2 Å². The summed E-state index contributed by atoms with van der Waals surface area (Å²) in [6, 6.07) is 26.3. The second kappa shape index (κ2) is 16.6. The normalized spacial score (nSPS) is 16.6. The number of aryl methyl sites for hydroxylation is 1. The number of halogens is 3. The predicted molar refractivity (Wildman–Crippen MR) is 161 cm³/mol. The van der Waals surface area contributed by atoms with Gasteiger partial charge in [0.1, 0.15) is 12.4 Å². The summed E-state index contributed by atoms with van der Waals surface area (Å²) in [4.78, 5) is 35.2. The van der Waals surface area contributed by atoms with Gasteiger partial charge in [0, 0.05) is 19.5 Å². The highest BCUT2D eigenvalue weighted by Gasteiger charge is 2.43. The largest absolute Gasteiger partial charge is 0.490 e. The molecule has 1 heterocycles. The molecule has 242 valence electrons. The van der Waals surface area contributed by atoms with Gasteiger partial charge in [0.25, 0.3) is 0 Å². The molecule has 0 aromatic heterocycles. The fourth-order valence-electron chi connectivity index (χ4n) is 5.19. The van der Waals surface area contributed by atoms with Crippen molar-refractivity contribution in [2.75, 3.05) is 19.7 Å². The topological polar surface area (TPSA) is 113 Å². The first kappa shape index (κ1) is 35.1. The van der Waals surface area contributed by atoms with E-state index in [0.29, 0.717) is 32.6 Å². The average molecular weight is 630 g/mol. The number of piperidine rings is 1. The number of carbonyl (C=O) groups is 3. The first-order valence-electron chi connectivity index (χ1n) is 14.6. The highest BCUT2D eigenvalue weighted by atomic mass is 19.4. The summed E-state index contributed by atoms with van der Waals surface area (Å²) in [6.45, 7) is 5.17. The highest BCUT2D eigenvalue weighted by Crippen LogP contribution is 2.36. The van der Waals surface area contributed by atoms with Crippen LogP contribution in [0.15, 0.2) is 78.9 Å². The van der Waals surface area contributed by atoms with E-state index in [4.69, 9.17) is 24.5 Å². The van der Waals surface area contributed by atoms with Gasteiger partial charge >= 0.3 is 24.1 Å². The number of esters is 1. The van der Waals surface area contributed by atoms with Crippen molar-refractivity contribution in [2.24, 2.45) is 5.41 Å². The molecule has 0 aliphatic carbocycles. The zero-order chi connectivity index (χ0) is 32.9. The van der Waals surface area contributed by atoms with Gasteiger partial charge in [-0.15, -0.1) is 0 Å². The number of nitrogens with zero attached hydrogens (tertiary/aromatic N) is 1. The van der Waals surface area contributed by atoms with Gasteiger partial charge in [-0.1, -0.05) is 66.7 Å². The van der Waals surface area contributed by atoms with Crippen molar-refractivity contribution in [3.63, 3.8) is 0 Å². The Morgan fingerprint density at radius 2 is 1.47 bits per heavy atom. The zero-order valence-corrected chi connectivity index (χ0v) is 25.1. The van der Waals surface area contributed by atoms with Crippen LogP contribution in [0.4, 0.5) is 13.2 Å². The third kappa shape index (κ3) is 11.6. The van der Waals surface area contributed by atoms with Crippen LogP contribution in [0.1, 0.15) is 48.4 Å². The van der Waals surface area contributed by atoms with Crippen LogP contribution in [-0.2, 0) is 45.1 Å². The van der Waals surface area contributed by atoms with E-state index < -0.39 is 23.5 Å². The lowest BCUT2D eigenvalue weighted by molar-refractivity contribution is -0.192. The van der Waals surface area contributed by atoms with Gasteiger partial charge < -0.3 is 19.7 Å². The molecule has 11 heteroatoms. The van der Waals surface area contributed by atoms with E-state index >= 15 is 0 Å². The molecule has 1 aliphatic rings. The Morgan fingerprint density at radius 3 is 2.04 bits per heavy atom. The first-order chi connectivity index (χ1) is 21.4. The van der Waals surface area contributed by atoms with Crippen molar-refractivity contribution >= 4 is 17.9 Å². The minimum Gasteiger partial charge on any atom is -0.489 e. The second-order valence-corrected chi connectivity index (χ2v) is 10.9. The van der Waals surface area contributed by atoms with E-state index in [1.54, 1.807) is 0 Å². The lowest BCUT2D eigenvalue weighted by Crippen LogP contribution is -2.49. The molecule has 1 atom stereocenters. The summed E-state index contributed by atoms with van der Waals surface area (Å²) < 4.78 is 43.2. The minimum absolute atomic E-state index is 0.0871. The number of carboxylic acids is 2. The van der Waals surface area contributed by atoms with Gasteiger partial charge in [0.15, 0.2) is 0 Å². The minimum atomic E-state index is -5.08. The van der Waals surface area contributed by atoms with E-state index in [0.717, 1.165) is 42.8 Å². The number of benzene rings is 3. The standard InChI is InChI=1S/C32H37NO5.C2HF3O2/c1-2-37-31(36)32(21-26-7-4-3-5-8-26)19-6-20-33(24-32)22-27-9-11-28(12-10-27)23-38-29-16-13-25(14-17-29)15-18-30(34)35;3-2(4,5)1(6)7/h3-5,7-14,16-17H,2,6,15,18-24H2,1H3,(H,34,35);(H,6,7). The number of ether oxygens (including phenoxy) is 2. The van der Waals surface area contributed by atoms with Crippen molar-refractivity contribution in [1.82, 2.24) is 4.90 Å². The molecular formula is C34H38F3NO7. The van der Waals surface area contributed by atoms with Gasteiger partial charge in [0.2, 0.25) is 0 Å². The number of aliphatic carboxylic acids is 2. The molecule has 1 aliphatic heterocycles. The molecule has 1 unspecified atom stereocenters. The van der Waals surface area contributed by atoms with Gasteiger partial charge in [0.05, 0.1) is 12.0 Å². The summed E-state index contributed by atoms with van der Waals surface area (Å²) in [5, 5.41) is 15.9. The van der Waals surface area contributed by atoms with E-state index in [1.165, 1.54) is 11.1 Å². The van der Waals surface area contributed by atoms with Crippen LogP contribution in [0.25, 0.3) is 0 Å². The first-order valence-corrected chi connectivity index (χ1v) is 14.6. The molecule has 0 spiro atoms. The van der Waals surface area contributed by atoms with E-state index in [-0.39, 0.29) is 12.4 Å². The van der Waals surface area contributed by atoms with Crippen molar-refractivity contribution < 1.29 is 47.2 Å². The number of alkyl halides is 3. The summed E-state index contributed by atoms with van der Waals surface area (Å²) in [6.07, 6.45) is -1.94. The fraction of sp³-hybridized carbons (Fsp3) is 0.382. The number of hydrogen-bond donors (Lipinski definition) is 2. The van der Waals surface area contributed by atoms with E-state index in [2.05, 4.69) is 41.3 Å². The molecule has 1 saturated heterocycles. The Bertz CT molecular complexity index is 1380. The molecular weight excluding hydrogens is 591 g/mol. The summed E-state index contributed by atoms with van der Waals surface area (Å²) >= 11 is 0. The van der Waals surface area contributed by atoms with Crippen LogP contribution in [0.2, 0.25) is 0 Å². The molecule has 2 N–H and O–H groups in total. The monoisotopic (exact) mass is 629 g/mol. The van der Waals surface area contributed by atoms with Crippen LogP contribution >= 0.6 is 0 Å². The van der Waals surface area contributed by atoms with Crippen molar-refractivity contribution in [3.05, 3.63) is 101 Å². The van der Waals surface area contributed by atoms with Crippen LogP contribution in [0, 0.1) is 5.41 Å². The Hall–Kier alpha value is -4.38. The van der Waals surface area contributed by atoms with E-state index in [1.807, 2.05) is 49.4 Å². The highest BCUT2D eigenvalue weighted by molar-refractivity contribution is 5.78. The number of likely N-dealkylation sites (tertiary alicyclic amines) is 1. The zero-order valence-electron chi connectivity index (χ0n) is 25.1. The van der Waals surface area contributed by atoms with Gasteiger partial charge in [-0.3, -0.25) is 14.5 Å². The predicted octanol–water partition coefficient (Wildman–Crippen LogP) is 6.30. The number of hydrogen-bond acceptors (Lipinski definition) is 6. The van der Waals surface area contributed by atoms with Gasteiger partial charge in [-0.05, 0) is 73.5 Å². The molecule has 1 fully saturated rings. The number of rotatable bonds is 12. The molecule has 8 nitrogen and oxygen atoms in total. The molecule has 3 aromatic carbocycles. The van der Waals surface area contributed by atoms with Gasteiger partial charge in [-0.25, -0.2) is 4.79 Å². The Labute approximate surface area is 260 Å². The maximum atomic E-state index is 13.1. The van der Waals surface area contributed by atoms with Crippen LogP contribution in [-0.4, -0.2) is 58.9 Å². The fourth-order valence-corrected chi connectivity index (χ4v) is 5.19. The lowest BCUT2D eigenvalue weighted by Gasteiger charge is -2.41. The summed E-state index contributed by atoms with van der Waals surface area (Å²) in [7, 11) is 0. The Morgan fingerprint density at radius 1 is 0.867 bits per heavy atom.